The first-order valence-corrected chi connectivity index (χ1v) is 4.46. The van der Waals surface area contributed by atoms with Crippen LogP contribution in [-0.4, -0.2) is 16.3 Å². The first-order chi connectivity index (χ1) is 5.99. The van der Waals surface area contributed by atoms with Crippen molar-refractivity contribution in [3.8, 4) is 0 Å². The maximum Gasteiger partial charge on any atom is 0.0523 e. The predicted molar refractivity (Wildman–Crippen MR) is 53.2 cm³/mol. The molecule has 1 rings (SSSR count). The van der Waals surface area contributed by atoms with Gasteiger partial charge in [0.25, 0.3) is 0 Å². The van der Waals surface area contributed by atoms with Gasteiger partial charge in [0.15, 0.2) is 0 Å². The summed E-state index contributed by atoms with van der Waals surface area (Å²) in [5.74, 6) is 0. The van der Waals surface area contributed by atoms with Gasteiger partial charge in [-0.2, -0.15) is 0 Å². The fourth-order valence-corrected chi connectivity index (χ4v) is 1.30. The molecule has 0 aromatic carbocycles. The molecule has 1 aromatic rings. The lowest BCUT2D eigenvalue weighted by Gasteiger charge is -2.29. The van der Waals surface area contributed by atoms with Crippen LogP contribution in [0.4, 0.5) is 0 Å². The molecule has 0 radical (unpaired) electrons. The van der Waals surface area contributed by atoms with Gasteiger partial charge < -0.3 is 15.4 Å². The van der Waals surface area contributed by atoms with Crippen LogP contribution < -0.4 is 5.73 Å². The maximum atomic E-state index is 9.16. The zero-order valence-corrected chi connectivity index (χ0v) is 8.49. The highest BCUT2D eigenvalue weighted by Crippen LogP contribution is 2.30. The molecular formula is C10H18N2O. The first kappa shape index (κ1) is 10.3. The molecule has 1 heterocycles. The minimum atomic E-state index is -0.272. The van der Waals surface area contributed by atoms with Crippen LogP contribution in [0, 0.1) is 5.41 Å². The lowest BCUT2D eigenvalue weighted by molar-refractivity contribution is 0.129. The van der Waals surface area contributed by atoms with E-state index in [2.05, 4.69) is 0 Å². The van der Waals surface area contributed by atoms with Crippen molar-refractivity contribution in [1.29, 1.82) is 0 Å². The lowest BCUT2D eigenvalue weighted by Crippen LogP contribution is -2.33. The van der Waals surface area contributed by atoms with Crippen molar-refractivity contribution in [1.82, 2.24) is 4.57 Å². The van der Waals surface area contributed by atoms with Gasteiger partial charge in [0.2, 0.25) is 0 Å². The van der Waals surface area contributed by atoms with Crippen LogP contribution in [-0.2, 0) is 7.05 Å². The van der Waals surface area contributed by atoms with Crippen LogP contribution in [0.25, 0.3) is 0 Å². The highest BCUT2D eigenvalue weighted by molar-refractivity contribution is 5.13. The summed E-state index contributed by atoms with van der Waals surface area (Å²) in [5.41, 5.74) is 6.83. The molecule has 1 unspecified atom stereocenters. The van der Waals surface area contributed by atoms with E-state index in [1.165, 1.54) is 0 Å². The van der Waals surface area contributed by atoms with Gasteiger partial charge in [-0.25, -0.2) is 0 Å². The fraction of sp³-hybridized carbons (Fsp3) is 0.600. The Hall–Kier alpha value is -0.800. The monoisotopic (exact) mass is 182 g/mol. The number of nitrogens with zero attached hydrogens (tertiary/aromatic N) is 1. The Morgan fingerprint density at radius 2 is 2.23 bits per heavy atom. The molecule has 3 heteroatoms. The Balaban J connectivity index is 2.91. The molecule has 0 saturated carbocycles. The molecule has 0 amide bonds. The number of aryl methyl sites for hydroxylation is 1. The summed E-state index contributed by atoms with van der Waals surface area (Å²) in [5, 5.41) is 9.16. The maximum absolute atomic E-state index is 9.16. The second-order valence-electron chi connectivity index (χ2n) is 4.17. The third-order valence-corrected chi connectivity index (χ3v) is 2.55. The molecule has 0 aliphatic carbocycles. The molecular weight excluding hydrogens is 164 g/mol. The minimum Gasteiger partial charge on any atom is -0.396 e. The van der Waals surface area contributed by atoms with Gasteiger partial charge >= 0.3 is 0 Å². The molecule has 0 spiro atoms. The van der Waals surface area contributed by atoms with E-state index < -0.39 is 0 Å². The summed E-state index contributed by atoms with van der Waals surface area (Å²) in [6.07, 6.45) is 1.96. The Kier molecular flexibility index (Phi) is 2.78. The Morgan fingerprint density at radius 1 is 1.62 bits per heavy atom. The molecule has 1 aromatic heterocycles. The Labute approximate surface area is 79.2 Å². The number of aliphatic hydroxyl groups is 1. The van der Waals surface area contributed by atoms with Gasteiger partial charge in [0, 0.05) is 24.4 Å². The first-order valence-electron chi connectivity index (χ1n) is 4.46. The molecule has 0 aliphatic heterocycles. The average Bonchev–Trinajstić information content (AvgIpc) is 2.50. The average molecular weight is 182 g/mol. The van der Waals surface area contributed by atoms with Gasteiger partial charge in [-0.05, 0) is 12.1 Å². The van der Waals surface area contributed by atoms with E-state index in [0.717, 1.165) is 5.69 Å². The lowest BCUT2D eigenvalue weighted by atomic mass is 9.84. The molecule has 3 nitrogen and oxygen atoms in total. The third-order valence-electron chi connectivity index (χ3n) is 2.55. The van der Waals surface area contributed by atoms with Gasteiger partial charge in [-0.15, -0.1) is 0 Å². The van der Waals surface area contributed by atoms with Crippen molar-refractivity contribution in [2.75, 3.05) is 6.61 Å². The summed E-state index contributed by atoms with van der Waals surface area (Å²) in [4.78, 5) is 0. The fourth-order valence-electron chi connectivity index (χ4n) is 1.30. The van der Waals surface area contributed by atoms with Gasteiger partial charge in [0.05, 0.1) is 12.6 Å². The summed E-state index contributed by atoms with van der Waals surface area (Å²) >= 11 is 0. The smallest absolute Gasteiger partial charge is 0.0523 e. The van der Waals surface area contributed by atoms with Crippen molar-refractivity contribution in [3.63, 3.8) is 0 Å². The summed E-state index contributed by atoms with van der Waals surface area (Å²) in [6.45, 7) is 4.02. The van der Waals surface area contributed by atoms with Crippen LogP contribution in [0.5, 0.6) is 0 Å². The number of rotatable bonds is 3. The van der Waals surface area contributed by atoms with E-state index >= 15 is 0 Å². The minimum absolute atomic E-state index is 0.0966. The summed E-state index contributed by atoms with van der Waals surface area (Å²) in [7, 11) is 1.96. The largest absolute Gasteiger partial charge is 0.396 e. The molecule has 1 atom stereocenters. The van der Waals surface area contributed by atoms with Gasteiger partial charge in [-0.1, -0.05) is 13.8 Å². The highest BCUT2D eigenvalue weighted by Gasteiger charge is 2.28. The van der Waals surface area contributed by atoms with E-state index in [9.17, 15) is 0 Å². The molecule has 0 saturated heterocycles. The van der Waals surface area contributed by atoms with E-state index in [0.29, 0.717) is 0 Å². The van der Waals surface area contributed by atoms with Crippen molar-refractivity contribution in [2.24, 2.45) is 18.2 Å². The van der Waals surface area contributed by atoms with Crippen molar-refractivity contribution < 1.29 is 5.11 Å². The Morgan fingerprint density at radius 3 is 2.62 bits per heavy atom. The van der Waals surface area contributed by atoms with Crippen molar-refractivity contribution in [3.05, 3.63) is 24.0 Å². The normalized spacial score (nSPS) is 14.5. The summed E-state index contributed by atoms with van der Waals surface area (Å²) < 4.78 is 1.99. The second-order valence-corrected chi connectivity index (χ2v) is 4.17. The van der Waals surface area contributed by atoms with Crippen molar-refractivity contribution >= 4 is 0 Å². The molecule has 0 aliphatic rings. The number of nitrogens with two attached hydrogens (primary N) is 1. The number of hydrogen-bond acceptors (Lipinski definition) is 2. The zero-order valence-electron chi connectivity index (χ0n) is 8.49. The molecule has 0 bridgehead atoms. The van der Waals surface area contributed by atoms with Gasteiger partial charge in [-0.3, -0.25) is 0 Å². The van der Waals surface area contributed by atoms with Crippen LogP contribution >= 0.6 is 0 Å². The van der Waals surface area contributed by atoms with Crippen LogP contribution in [0.3, 0.4) is 0 Å². The molecule has 13 heavy (non-hydrogen) atoms. The standard InChI is InChI=1S/C10H18N2O/c1-10(2,7-13)9(11)8-5-4-6-12(8)3/h4-6,9,13H,7,11H2,1-3H3. The van der Waals surface area contributed by atoms with E-state index in [4.69, 9.17) is 10.8 Å². The molecule has 3 N–H and O–H groups in total. The van der Waals surface area contributed by atoms with Crippen LogP contribution in [0.15, 0.2) is 18.3 Å². The summed E-state index contributed by atoms with van der Waals surface area (Å²) in [6, 6.07) is 3.82. The van der Waals surface area contributed by atoms with Crippen molar-refractivity contribution in [2.45, 2.75) is 19.9 Å². The molecule has 74 valence electrons. The van der Waals surface area contributed by atoms with Crippen LogP contribution in [0.2, 0.25) is 0 Å². The van der Waals surface area contributed by atoms with E-state index in [1.54, 1.807) is 0 Å². The predicted octanol–water partition coefficient (Wildman–Crippen LogP) is 1.04. The third kappa shape index (κ3) is 1.92. The zero-order chi connectivity index (χ0) is 10.1. The highest BCUT2D eigenvalue weighted by atomic mass is 16.3. The number of aromatic nitrogens is 1. The van der Waals surface area contributed by atoms with E-state index in [1.807, 2.05) is 43.8 Å². The Bertz CT molecular complexity index is 278. The number of hydrogen-bond donors (Lipinski definition) is 2. The molecule has 0 fully saturated rings. The van der Waals surface area contributed by atoms with E-state index in [-0.39, 0.29) is 18.1 Å². The van der Waals surface area contributed by atoms with Crippen LogP contribution in [0.1, 0.15) is 25.6 Å². The topological polar surface area (TPSA) is 51.2 Å². The SMILES string of the molecule is Cn1cccc1C(N)C(C)(C)CO. The van der Waals surface area contributed by atoms with Gasteiger partial charge in [0.1, 0.15) is 0 Å². The second kappa shape index (κ2) is 3.52. The quantitative estimate of drug-likeness (QED) is 0.734. The number of aliphatic hydroxyl groups excluding tert-OH is 1.